The van der Waals surface area contributed by atoms with Crippen LogP contribution >= 0.6 is 39.3 Å². The summed E-state index contributed by atoms with van der Waals surface area (Å²) in [5, 5.41) is 0.406. The average molecular weight is 358 g/mol. The zero-order valence-corrected chi connectivity index (χ0v) is 12.9. The smallest absolute Gasteiger partial charge is 0.176 e. The number of carbonyl (C=O) groups excluding carboxylic acids is 1. The van der Waals surface area contributed by atoms with Crippen LogP contribution in [0.2, 0.25) is 5.02 Å². The molecule has 0 aliphatic heterocycles. The number of hydrogen-bond acceptors (Lipinski definition) is 4. The molecule has 1 aromatic heterocycles. The lowest BCUT2D eigenvalue weighted by Crippen LogP contribution is -2.07. The summed E-state index contributed by atoms with van der Waals surface area (Å²) in [6.45, 7) is 0. The minimum atomic E-state index is -0.0896. The van der Waals surface area contributed by atoms with Gasteiger partial charge in [0.25, 0.3) is 0 Å². The lowest BCUT2D eigenvalue weighted by molar-refractivity contribution is 0.102. The highest BCUT2D eigenvalue weighted by molar-refractivity contribution is 9.10. The zero-order valence-electron chi connectivity index (χ0n) is 9.77. The Bertz CT molecular complexity index is 621. The second-order valence-corrected chi connectivity index (χ2v) is 6.04. The van der Waals surface area contributed by atoms with Crippen molar-refractivity contribution in [2.24, 2.45) is 0 Å². The highest BCUT2D eigenvalue weighted by Gasteiger charge is 2.12. The maximum absolute atomic E-state index is 12.1. The van der Waals surface area contributed by atoms with Crippen LogP contribution in [-0.2, 0) is 0 Å². The number of carbonyl (C=O) groups is 1. The second-order valence-electron chi connectivity index (χ2n) is 3.73. The van der Waals surface area contributed by atoms with E-state index in [4.69, 9.17) is 17.3 Å². The van der Waals surface area contributed by atoms with Gasteiger partial charge in [-0.2, -0.15) is 0 Å². The number of ketones is 1. The molecule has 19 heavy (non-hydrogen) atoms. The predicted molar refractivity (Wildman–Crippen MR) is 82.9 cm³/mol. The van der Waals surface area contributed by atoms with Crippen molar-refractivity contribution >= 4 is 50.9 Å². The Kier molecular flexibility index (Phi) is 4.85. The van der Waals surface area contributed by atoms with E-state index in [0.717, 1.165) is 9.37 Å². The molecule has 1 heterocycles. The first-order valence-electron chi connectivity index (χ1n) is 5.39. The van der Waals surface area contributed by atoms with Crippen LogP contribution in [0.25, 0.3) is 0 Å². The van der Waals surface area contributed by atoms with Gasteiger partial charge in [-0.1, -0.05) is 23.7 Å². The minimum absolute atomic E-state index is 0.0896. The molecule has 2 aromatic rings. The van der Waals surface area contributed by atoms with Crippen molar-refractivity contribution in [3.63, 3.8) is 0 Å². The molecule has 98 valence electrons. The molecule has 2 N–H and O–H groups in total. The summed E-state index contributed by atoms with van der Waals surface area (Å²) < 4.78 is 0.963. The van der Waals surface area contributed by atoms with Gasteiger partial charge in [-0.3, -0.25) is 4.79 Å². The molecule has 1 aromatic carbocycles. The molecular formula is C13H10BrClN2OS. The molecule has 0 saturated carbocycles. The Balaban J connectivity index is 2.10. The van der Waals surface area contributed by atoms with Crippen molar-refractivity contribution in [1.29, 1.82) is 0 Å². The first kappa shape index (κ1) is 14.4. The fourth-order valence-electron chi connectivity index (χ4n) is 1.46. The largest absolute Gasteiger partial charge is 0.383 e. The highest BCUT2D eigenvalue weighted by Crippen LogP contribution is 2.28. The van der Waals surface area contributed by atoms with Gasteiger partial charge < -0.3 is 5.73 Å². The van der Waals surface area contributed by atoms with Crippen molar-refractivity contribution in [2.45, 2.75) is 4.90 Å². The Labute approximate surface area is 128 Å². The maximum Gasteiger partial charge on any atom is 0.176 e. The van der Waals surface area contributed by atoms with E-state index in [9.17, 15) is 4.79 Å². The van der Waals surface area contributed by atoms with Gasteiger partial charge in [0.05, 0.1) is 16.3 Å². The van der Waals surface area contributed by atoms with Crippen LogP contribution in [0.5, 0.6) is 0 Å². The van der Waals surface area contributed by atoms with Gasteiger partial charge in [0.15, 0.2) is 5.78 Å². The summed E-state index contributed by atoms with van der Waals surface area (Å²) in [5.74, 6) is 0.407. The number of Topliss-reactive ketones (excluding diaryl/α,β-unsaturated/α-hetero) is 1. The first-order valence-corrected chi connectivity index (χ1v) is 7.55. The molecule has 0 saturated heterocycles. The average Bonchev–Trinajstić information content (AvgIpc) is 2.40. The highest BCUT2D eigenvalue weighted by atomic mass is 79.9. The van der Waals surface area contributed by atoms with Gasteiger partial charge in [0.2, 0.25) is 0 Å². The summed E-state index contributed by atoms with van der Waals surface area (Å²) in [5.41, 5.74) is 6.05. The standard InChI is InChI=1S/C13H10BrClN2OS/c14-10-3-1-2-4-12(10)19-7-11(18)9-5-8(15)6-17-13(9)16/h1-6H,7H2,(H2,16,17). The molecular weight excluding hydrogens is 348 g/mol. The fourth-order valence-corrected chi connectivity index (χ4v) is 3.06. The van der Waals surface area contributed by atoms with Gasteiger partial charge in [0, 0.05) is 15.6 Å². The van der Waals surface area contributed by atoms with Gasteiger partial charge in [-0.15, -0.1) is 11.8 Å². The normalized spacial score (nSPS) is 10.4. The topological polar surface area (TPSA) is 56.0 Å². The number of nitrogens with zero attached hydrogens (tertiary/aromatic N) is 1. The number of nitrogen functional groups attached to an aromatic ring is 1. The fraction of sp³-hybridized carbons (Fsp3) is 0.0769. The predicted octanol–water partition coefficient (Wildman–Crippen LogP) is 4.05. The molecule has 0 fully saturated rings. The Morgan fingerprint density at radius 3 is 2.89 bits per heavy atom. The lowest BCUT2D eigenvalue weighted by atomic mass is 10.2. The van der Waals surface area contributed by atoms with Crippen LogP contribution < -0.4 is 5.73 Å². The van der Waals surface area contributed by atoms with E-state index in [2.05, 4.69) is 20.9 Å². The third-order valence-corrected chi connectivity index (χ3v) is 4.62. The number of benzene rings is 1. The summed E-state index contributed by atoms with van der Waals surface area (Å²) in [4.78, 5) is 17.0. The van der Waals surface area contributed by atoms with E-state index in [1.807, 2.05) is 24.3 Å². The molecule has 6 heteroatoms. The van der Waals surface area contributed by atoms with E-state index < -0.39 is 0 Å². The third-order valence-electron chi connectivity index (χ3n) is 2.38. The number of hydrogen-bond donors (Lipinski definition) is 1. The van der Waals surface area contributed by atoms with Crippen molar-refractivity contribution in [1.82, 2.24) is 4.98 Å². The number of pyridine rings is 1. The van der Waals surface area contributed by atoms with E-state index in [1.54, 1.807) is 6.07 Å². The number of thioether (sulfide) groups is 1. The molecule has 2 rings (SSSR count). The SMILES string of the molecule is Nc1ncc(Cl)cc1C(=O)CSc1ccccc1Br. The molecule has 0 bridgehead atoms. The van der Waals surface area contributed by atoms with Crippen molar-refractivity contribution < 1.29 is 4.79 Å². The summed E-state index contributed by atoms with van der Waals surface area (Å²) >= 11 is 10.7. The van der Waals surface area contributed by atoms with Crippen LogP contribution in [0, 0.1) is 0 Å². The first-order chi connectivity index (χ1) is 9.08. The number of nitrogens with two attached hydrogens (primary N) is 1. The van der Waals surface area contributed by atoms with Crippen molar-refractivity contribution in [2.75, 3.05) is 11.5 Å². The molecule has 0 amide bonds. The quantitative estimate of drug-likeness (QED) is 0.662. The number of halogens is 2. The number of aromatic nitrogens is 1. The van der Waals surface area contributed by atoms with Crippen LogP contribution in [0.4, 0.5) is 5.82 Å². The zero-order chi connectivity index (χ0) is 13.8. The van der Waals surface area contributed by atoms with E-state index in [0.29, 0.717) is 10.6 Å². The van der Waals surface area contributed by atoms with Gasteiger partial charge >= 0.3 is 0 Å². The molecule has 0 aliphatic carbocycles. The Morgan fingerprint density at radius 2 is 2.16 bits per heavy atom. The van der Waals surface area contributed by atoms with Gasteiger partial charge in [0.1, 0.15) is 5.82 Å². The molecule has 3 nitrogen and oxygen atoms in total. The summed E-state index contributed by atoms with van der Waals surface area (Å²) in [7, 11) is 0. The number of rotatable bonds is 4. The van der Waals surface area contributed by atoms with Crippen LogP contribution in [-0.4, -0.2) is 16.5 Å². The number of anilines is 1. The summed E-state index contributed by atoms with van der Waals surface area (Å²) in [6.07, 6.45) is 1.43. The van der Waals surface area contributed by atoms with E-state index in [1.165, 1.54) is 18.0 Å². The Hall–Kier alpha value is -1.04. The molecule has 0 unspecified atom stereocenters. The van der Waals surface area contributed by atoms with Crippen molar-refractivity contribution in [3.05, 3.63) is 51.6 Å². The van der Waals surface area contributed by atoms with Crippen LogP contribution in [0.15, 0.2) is 45.9 Å². The molecule has 0 aliphatic rings. The van der Waals surface area contributed by atoms with Crippen LogP contribution in [0.1, 0.15) is 10.4 Å². The van der Waals surface area contributed by atoms with E-state index in [-0.39, 0.29) is 17.4 Å². The molecule has 0 spiro atoms. The van der Waals surface area contributed by atoms with Crippen LogP contribution in [0.3, 0.4) is 0 Å². The molecule has 0 radical (unpaired) electrons. The Morgan fingerprint density at radius 1 is 1.42 bits per heavy atom. The summed E-state index contributed by atoms with van der Waals surface area (Å²) in [6, 6.07) is 9.28. The minimum Gasteiger partial charge on any atom is -0.383 e. The monoisotopic (exact) mass is 356 g/mol. The molecule has 0 atom stereocenters. The van der Waals surface area contributed by atoms with E-state index >= 15 is 0 Å². The van der Waals surface area contributed by atoms with Gasteiger partial charge in [-0.25, -0.2) is 4.98 Å². The second kappa shape index (κ2) is 6.41. The maximum atomic E-state index is 12.1. The van der Waals surface area contributed by atoms with Crippen molar-refractivity contribution in [3.8, 4) is 0 Å². The third kappa shape index (κ3) is 3.72. The van der Waals surface area contributed by atoms with Gasteiger partial charge in [-0.05, 0) is 34.1 Å². The lowest BCUT2D eigenvalue weighted by Gasteiger charge is -2.05.